The molecule has 0 aromatic heterocycles. The van der Waals surface area contributed by atoms with Gasteiger partial charge in [0.05, 0.1) is 23.9 Å². The quantitative estimate of drug-likeness (QED) is 0.751. The number of hydrogen-bond donors (Lipinski definition) is 2. The molecule has 168 valence electrons. The fourth-order valence-electron chi connectivity index (χ4n) is 5.17. The number of halogens is 1. The third kappa shape index (κ3) is 4.38. The van der Waals surface area contributed by atoms with Crippen LogP contribution in [0, 0.1) is 23.1 Å². The van der Waals surface area contributed by atoms with E-state index in [1.807, 2.05) is 12.1 Å². The molecule has 2 saturated heterocycles. The monoisotopic (exact) mass is 435 g/mol. The van der Waals surface area contributed by atoms with Crippen molar-refractivity contribution in [2.45, 2.75) is 43.8 Å². The third-order valence-corrected chi connectivity index (χ3v) is 7.24. The minimum atomic E-state index is -0.525. The van der Waals surface area contributed by atoms with Crippen molar-refractivity contribution in [1.29, 1.82) is 5.26 Å². The van der Waals surface area contributed by atoms with E-state index in [0.717, 1.165) is 80.7 Å². The molecular weight excluding hydrogens is 405 g/mol. The van der Waals surface area contributed by atoms with E-state index in [2.05, 4.69) is 28.4 Å². The Morgan fingerprint density at radius 3 is 2.66 bits per heavy atom. The molecule has 1 unspecified atom stereocenters. The van der Waals surface area contributed by atoms with Crippen molar-refractivity contribution in [1.82, 2.24) is 5.32 Å². The Bertz CT molecular complexity index is 1020. The Morgan fingerprint density at radius 2 is 2.00 bits per heavy atom. The summed E-state index contributed by atoms with van der Waals surface area (Å²) >= 11 is 0. The number of nitrogens with zero attached hydrogens (tertiary/aromatic N) is 2. The van der Waals surface area contributed by atoms with Crippen molar-refractivity contribution in [3.63, 3.8) is 0 Å². The van der Waals surface area contributed by atoms with Gasteiger partial charge in [-0.05, 0) is 73.4 Å². The number of morpholine rings is 1. The average molecular weight is 436 g/mol. The molecule has 2 aromatic carbocycles. The third-order valence-electron chi connectivity index (χ3n) is 7.24. The number of ether oxygens (including phenoxy) is 1. The van der Waals surface area contributed by atoms with Crippen molar-refractivity contribution in [2.24, 2.45) is 5.92 Å². The number of anilines is 1. The van der Waals surface area contributed by atoms with E-state index in [1.54, 1.807) is 6.07 Å². The Kier molecular flexibility index (Phi) is 5.90. The number of hydrogen-bond acceptors (Lipinski definition) is 5. The fourth-order valence-corrected chi connectivity index (χ4v) is 5.17. The molecule has 1 atom stereocenters. The van der Waals surface area contributed by atoms with Crippen LogP contribution in [0.25, 0.3) is 11.1 Å². The molecule has 0 radical (unpaired) electrons. The summed E-state index contributed by atoms with van der Waals surface area (Å²) in [6.45, 7) is 4.00. The van der Waals surface area contributed by atoms with Crippen LogP contribution in [0.2, 0.25) is 0 Å². The van der Waals surface area contributed by atoms with E-state index in [9.17, 15) is 9.50 Å². The number of nitrogens with one attached hydrogen (secondary N) is 1. The molecule has 5 rings (SSSR count). The number of piperidine rings is 1. The van der Waals surface area contributed by atoms with Crippen LogP contribution in [-0.4, -0.2) is 49.6 Å². The molecular formula is C26H30FN3O2. The van der Waals surface area contributed by atoms with Crippen LogP contribution in [0.15, 0.2) is 36.4 Å². The Balaban J connectivity index is 1.45. The van der Waals surface area contributed by atoms with Crippen molar-refractivity contribution in [2.75, 3.05) is 37.7 Å². The van der Waals surface area contributed by atoms with Gasteiger partial charge in [-0.2, -0.15) is 5.26 Å². The molecule has 1 saturated carbocycles. The molecule has 0 bridgehead atoms. The number of benzene rings is 2. The molecule has 2 heterocycles. The Morgan fingerprint density at radius 1 is 1.19 bits per heavy atom. The number of aliphatic hydroxyl groups is 1. The van der Waals surface area contributed by atoms with E-state index >= 15 is 0 Å². The zero-order valence-corrected chi connectivity index (χ0v) is 18.3. The number of nitriles is 1. The van der Waals surface area contributed by atoms with E-state index in [1.165, 1.54) is 6.07 Å². The van der Waals surface area contributed by atoms with Gasteiger partial charge in [-0.3, -0.25) is 0 Å². The highest BCUT2D eigenvalue weighted by Crippen LogP contribution is 2.46. The van der Waals surface area contributed by atoms with Crippen molar-refractivity contribution < 1.29 is 14.2 Å². The van der Waals surface area contributed by atoms with Gasteiger partial charge in [0.25, 0.3) is 0 Å². The highest BCUT2D eigenvalue weighted by molar-refractivity contribution is 5.80. The maximum atomic E-state index is 14.5. The standard InChI is InChI=1S/C26H30FN3O2/c27-24-15-19(2-3-20(24)16-28)23-14-18(13-22-17-29-9-12-32-22)1-6-25(23)30-10-7-26(31,8-11-30)21-4-5-21/h1-3,6,14-15,21-22,29,31H,4-5,7-13,17H2. The summed E-state index contributed by atoms with van der Waals surface area (Å²) in [7, 11) is 0. The minimum Gasteiger partial charge on any atom is -0.389 e. The highest BCUT2D eigenvalue weighted by Gasteiger charge is 2.45. The van der Waals surface area contributed by atoms with Gasteiger partial charge in [-0.25, -0.2) is 4.39 Å². The first-order chi connectivity index (χ1) is 15.6. The van der Waals surface area contributed by atoms with E-state index in [0.29, 0.717) is 12.5 Å². The molecule has 3 aliphatic rings. The van der Waals surface area contributed by atoms with Crippen LogP contribution in [0.5, 0.6) is 0 Å². The van der Waals surface area contributed by atoms with Gasteiger partial charge in [0.15, 0.2) is 0 Å². The first kappa shape index (κ1) is 21.4. The molecule has 1 aliphatic carbocycles. The van der Waals surface area contributed by atoms with Gasteiger partial charge < -0.3 is 20.1 Å². The molecule has 0 spiro atoms. The van der Waals surface area contributed by atoms with Crippen LogP contribution >= 0.6 is 0 Å². The highest BCUT2D eigenvalue weighted by atomic mass is 19.1. The molecule has 0 amide bonds. The predicted molar refractivity (Wildman–Crippen MR) is 122 cm³/mol. The maximum Gasteiger partial charge on any atom is 0.141 e. The first-order valence-electron chi connectivity index (χ1n) is 11.7. The van der Waals surface area contributed by atoms with Gasteiger partial charge in [0.2, 0.25) is 0 Å². The van der Waals surface area contributed by atoms with Gasteiger partial charge >= 0.3 is 0 Å². The van der Waals surface area contributed by atoms with Crippen molar-refractivity contribution >= 4 is 5.69 Å². The van der Waals surface area contributed by atoms with Crippen molar-refractivity contribution in [3.05, 3.63) is 53.3 Å². The minimum absolute atomic E-state index is 0.0561. The zero-order chi connectivity index (χ0) is 22.1. The lowest BCUT2D eigenvalue weighted by molar-refractivity contribution is -0.00530. The molecule has 32 heavy (non-hydrogen) atoms. The Labute approximate surface area is 188 Å². The predicted octanol–water partition coefficient (Wildman–Crippen LogP) is 3.64. The van der Waals surface area contributed by atoms with Crippen LogP contribution < -0.4 is 10.2 Å². The summed E-state index contributed by atoms with van der Waals surface area (Å²) in [4.78, 5) is 2.31. The number of rotatable bonds is 5. The lowest BCUT2D eigenvalue weighted by Gasteiger charge is -2.40. The second-order valence-corrected chi connectivity index (χ2v) is 9.42. The Hall–Kier alpha value is -2.46. The van der Waals surface area contributed by atoms with Crippen molar-refractivity contribution in [3.8, 4) is 17.2 Å². The van der Waals surface area contributed by atoms with Crippen LogP contribution in [-0.2, 0) is 11.2 Å². The normalized spacial score (nSPS) is 23.0. The molecule has 2 N–H and O–H groups in total. The molecule has 3 fully saturated rings. The van der Waals surface area contributed by atoms with E-state index in [-0.39, 0.29) is 11.7 Å². The first-order valence-corrected chi connectivity index (χ1v) is 11.7. The molecule has 5 nitrogen and oxygen atoms in total. The van der Waals surface area contributed by atoms with Crippen LogP contribution in [0.1, 0.15) is 36.8 Å². The summed E-state index contributed by atoms with van der Waals surface area (Å²) in [6, 6.07) is 13.1. The smallest absolute Gasteiger partial charge is 0.141 e. The molecule has 2 aromatic rings. The second kappa shape index (κ2) is 8.82. The second-order valence-electron chi connectivity index (χ2n) is 9.42. The fraction of sp³-hybridized carbons (Fsp3) is 0.500. The lowest BCUT2D eigenvalue weighted by atomic mass is 9.86. The topological polar surface area (TPSA) is 68.5 Å². The van der Waals surface area contributed by atoms with E-state index < -0.39 is 11.4 Å². The summed E-state index contributed by atoms with van der Waals surface area (Å²) in [5.41, 5.74) is 3.46. The van der Waals surface area contributed by atoms with E-state index in [4.69, 9.17) is 10.00 Å². The average Bonchev–Trinajstić information content (AvgIpc) is 3.67. The SMILES string of the molecule is N#Cc1ccc(-c2cc(CC3CNCCO3)ccc2N2CCC(O)(C3CC3)CC2)cc1F. The summed E-state index contributed by atoms with van der Waals surface area (Å²) in [5, 5.41) is 23.4. The lowest BCUT2D eigenvalue weighted by Crippen LogP contribution is -2.46. The van der Waals surface area contributed by atoms with Gasteiger partial charge in [0.1, 0.15) is 11.9 Å². The zero-order valence-electron chi connectivity index (χ0n) is 18.3. The summed E-state index contributed by atoms with van der Waals surface area (Å²) in [5.74, 6) is -0.0360. The molecule has 2 aliphatic heterocycles. The van der Waals surface area contributed by atoms with Crippen LogP contribution in [0.3, 0.4) is 0 Å². The summed E-state index contributed by atoms with van der Waals surface area (Å²) < 4.78 is 20.4. The summed E-state index contributed by atoms with van der Waals surface area (Å²) in [6.07, 6.45) is 4.73. The van der Waals surface area contributed by atoms with Crippen LogP contribution in [0.4, 0.5) is 10.1 Å². The molecule has 6 heteroatoms. The van der Waals surface area contributed by atoms with Gasteiger partial charge in [-0.15, -0.1) is 0 Å². The largest absolute Gasteiger partial charge is 0.389 e. The van der Waals surface area contributed by atoms with Gasteiger partial charge in [0, 0.05) is 37.4 Å². The van der Waals surface area contributed by atoms with Gasteiger partial charge in [-0.1, -0.05) is 12.1 Å². The maximum absolute atomic E-state index is 14.5.